The second kappa shape index (κ2) is 8.33. The van der Waals surface area contributed by atoms with Gasteiger partial charge in [-0.15, -0.1) is 0 Å². The van der Waals surface area contributed by atoms with Gasteiger partial charge in [0.15, 0.2) is 0 Å². The summed E-state index contributed by atoms with van der Waals surface area (Å²) in [6.45, 7) is 0. The van der Waals surface area contributed by atoms with E-state index in [1.807, 2.05) is 12.1 Å². The van der Waals surface area contributed by atoms with Crippen LogP contribution in [0.5, 0.6) is 0 Å². The Morgan fingerprint density at radius 3 is 2.48 bits per heavy atom. The molecule has 1 aromatic heterocycles. The maximum Gasteiger partial charge on any atom is 0.339 e. The van der Waals surface area contributed by atoms with Gasteiger partial charge in [-0.25, -0.2) is 4.79 Å². The van der Waals surface area contributed by atoms with E-state index in [0.29, 0.717) is 16.4 Å². The minimum atomic E-state index is -0.531. The molecule has 2 aromatic carbocycles. The molecule has 0 saturated carbocycles. The zero-order valence-electron chi connectivity index (χ0n) is 14.4. The van der Waals surface area contributed by atoms with Crippen molar-refractivity contribution in [3.63, 3.8) is 0 Å². The molecular weight excluding hydrogens is 366 g/mol. The van der Waals surface area contributed by atoms with E-state index >= 15 is 0 Å². The normalized spacial score (nSPS) is 10.1. The molecule has 0 aliphatic rings. The second-order valence-corrected chi connectivity index (χ2v) is 5.99. The highest BCUT2D eigenvalue weighted by molar-refractivity contribution is 6.30. The van der Waals surface area contributed by atoms with Crippen LogP contribution in [0.15, 0.2) is 66.9 Å². The first kappa shape index (κ1) is 18.4. The van der Waals surface area contributed by atoms with E-state index in [2.05, 4.69) is 15.6 Å². The maximum absolute atomic E-state index is 12.6. The molecule has 0 atom stereocenters. The highest BCUT2D eigenvalue weighted by Crippen LogP contribution is 2.20. The van der Waals surface area contributed by atoms with Crippen LogP contribution in [0.4, 0.5) is 17.1 Å². The van der Waals surface area contributed by atoms with Gasteiger partial charge in [0.25, 0.3) is 5.91 Å². The average molecular weight is 382 g/mol. The number of benzene rings is 2. The van der Waals surface area contributed by atoms with Crippen LogP contribution in [0.1, 0.15) is 20.8 Å². The summed E-state index contributed by atoms with van der Waals surface area (Å²) < 4.78 is 4.73. The van der Waals surface area contributed by atoms with Crippen molar-refractivity contribution >= 4 is 40.5 Å². The summed E-state index contributed by atoms with van der Waals surface area (Å²) in [6, 6.07) is 17.2. The molecule has 7 heteroatoms. The first-order valence-corrected chi connectivity index (χ1v) is 8.42. The zero-order valence-corrected chi connectivity index (χ0v) is 15.2. The topological polar surface area (TPSA) is 80.3 Å². The minimum absolute atomic E-state index is 0.202. The number of ether oxygens (including phenoxy) is 1. The van der Waals surface area contributed by atoms with Crippen molar-refractivity contribution in [2.24, 2.45) is 0 Å². The number of pyridine rings is 1. The van der Waals surface area contributed by atoms with Crippen molar-refractivity contribution in [2.45, 2.75) is 0 Å². The van der Waals surface area contributed by atoms with Gasteiger partial charge < -0.3 is 15.4 Å². The Hall–Kier alpha value is -3.38. The number of hydrogen-bond donors (Lipinski definition) is 2. The number of nitrogens with one attached hydrogen (secondary N) is 2. The summed E-state index contributed by atoms with van der Waals surface area (Å²) in [5.41, 5.74) is 2.34. The van der Waals surface area contributed by atoms with Gasteiger partial charge in [-0.05, 0) is 48.5 Å². The lowest BCUT2D eigenvalue weighted by atomic mass is 10.1. The van der Waals surface area contributed by atoms with Crippen LogP contribution >= 0.6 is 11.6 Å². The molecule has 6 nitrogen and oxygen atoms in total. The number of carbonyl (C=O) groups is 2. The van der Waals surface area contributed by atoms with E-state index in [-0.39, 0.29) is 11.3 Å². The Morgan fingerprint density at radius 1 is 1.00 bits per heavy atom. The molecule has 136 valence electrons. The largest absolute Gasteiger partial charge is 0.465 e. The number of anilines is 3. The molecule has 0 spiro atoms. The molecule has 0 aliphatic heterocycles. The number of halogens is 1. The molecule has 3 aromatic rings. The number of hydrogen-bond acceptors (Lipinski definition) is 5. The van der Waals surface area contributed by atoms with Crippen LogP contribution in [0.2, 0.25) is 5.02 Å². The summed E-state index contributed by atoms with van der Waals surface area (Å²) in [5, 5.41) is 6.51. The lowest BCUT2D eigenvalue weighted by molar-refractivity contribution is 0.0602. The van der Waals surface area contributed by atoms with Crippen molar-refractivity contribution in [3.05, 3.63) is 83.1 Å². The SMILES string of the molecule is COC(=O)c1ccccc1NC(=O)c1cc(Nc2ccc(Cl)cc2)ccn1. The van der Waals surface area contributed by atoms with E-state index in [4.69, 9.17) is 16.3 Å². The van der Waals surface area contributed by atoms with Gasteiger partial charge in [-0.2, -0.15) is 0 Å². The predicted molar refractivity (Wildman–Crippen MR) is 105 cm³/mol. The van der Waals surface area contributed by atoms with Gasteiger partial charge in [-0.3, -0.25) is 9.78 Å². The number of carbonyl (C=O) groups excluding carboxylic acids is 2. The number of rotatable bonds is 5. The third kappa shape index (κ3) is 4.62. The highest BCUT2D eigenvalue weighted by Gasteiger charge is 2.15. The standard InChI is InChI=1S/C20H16ClN3O3/c1-27-20(26)16-4-2-3-5-17(16)24-19(25)18-12-15(10-11-22-18)23-14-8-6-13(21)7-9-14/h2-12H,1H3,(H,22,23)(H,24,25). The number of esters is 1. The van der Waals surface area contributed by atoms with E-state index in [1.54, 1.807) is 48.5 Å². The van der Waals surface area contributed by atoms with Crippen molar-refractivity contribution in [1.29, 1.82) is 0 Å². The van der Waals surface area contributed by atoms with Gasteiger partial charge >= 0.3 is 5.97 Å². The van der Waals surface area contributed by atoms with Gasteiger partial charge in [-0.1, -0.05) is 23.7 Å². The molecule has 1 heterocycles. The van der Waals surface area contributed by atoms with Crippen LogP contribution in [0.25, 0.3) is 0 Å². The average Bonchev–Trinajstić information content (AvgIpc) is 2.70. The van der Waals surface area contributed by atoms with Crippen molar-refractivity contribution < 1.29 is 14.3 Å². The zero-order chi connectivity index (χ0) is 19.2. The third-order valence-electron chi connectivity index (χ3n) is 3.71. The van der Waals surface area contributed by atoms with E-state index in [0.717, 1.165) is 5.69 Å². The molecule has 0 unspecified atom stereocenters. The van der Waals surface area contributed by atoms with E-state index in [1.165, 1.54) is 13.3 Å². The first-order chi connectivity index (χ1) is 13.1. The Morgan fingerprint density at radius 2 is 1.74 bits per heavy atom. The summed E-state index contributed by atoms with van der Waals surface area (Å²) in [7, 11) is 1.29. The first-order valence-electron chi connectivity index (χ1n) is 8.04. The van der Waals surface area contributed by atoms with Crippen LogP contribution in [0.3, 0.4) is 0 Å². The summed E-state index contributed by atoms with van der Waals surface area (Å²) in [6.07, 6.45) is 1.53. The number of nitrogens with zero attached hydrogens (tertiary/aromatic N) is 1. The minimum Gasteiger partial charge on any atom is -0.465 e. The number of para-hydroxylation sites is 1. The molecule has 0 radical (unpaired) electrons. The smallest absolute Gasteiger partial charge is 0.339 e. The predicted octanol–water partition coefficient (Wildman–Crippen LogP) is 4.52. The van der Waals surface area contributed by atoms with Crippen LogP contribution < -0.4 is 10.6 Å². The van der Waals surface area contributed by atoms with Gasteiger partial charge in [0.1, 0.15) is 5.69 Å². The summed E-state index contributed by atoms with van der Waals surface area (Å²) in [5.74, 6) is -0.969. The highest BCUT2D eigenvalue weighted by atomic mass is 35.5. The molecule has 3 rings (SSSR count). The number of methoxy groups -OCH3 is 1. The Bertz CT molecular complexity index is 974. The fraction of sp³-hybridized carbons (Fsp3) is 0.0500. The molecule has 0 fully saturated rings. The quantitative estimate of drug-likeness (QED) is 0.635. The van der Waals surface area contributed by atoms with E-state index < -0.39 is 11.9 Å². The Kier molecular flexibility index (Phi) is 5.68. The molecule has 27 heavy (non-hydrogen) atoms. The molecule has 0 saturated heterocycles. The lowest BCUT2D eigenvalue weighted by Gasteiger charge is -2.10. The lowest BCUT2D eigenvalue weighted by Crippen LogP contribution is -2.16. The second-order valence-electron chi connectivity index (χ2n) is 5.55. The van der Waals surface area contributed by atoms with Gasteiger partial charge in [0.2, 0.25) is 0 Å². The number of amides is 1. The Labute approximate surface area is 161 Å². The van der Waals surface area contributed by atoms with Gasteiger partial charge in [0, 0.05) is 22.6 Å². The Balaban J connectivity index is 1.78. The molecule has 1 amide bonds. The maximum atomic E-state index is 12.6. The van der Waals surface area contributed by atoms with Crippen LogP contribution in [0, 0.1) is 0 Å². The number of aromatic nitrogens is 1. The van der Waals surface area contributed by atoms with Crippen LogP contribution in [-0.2, 0) is 4.74 Å². The van der Waals surface area contributed by atoms with Crippen LogP contribution in [-0.4, -0.2) is 24.0 Å². The molecule has 0 aliphatic carbocycles. The van der Waals surface area contributed by atoms with Gasteiger partial charge in [0.05, 0.1) is 18.4 Å². The molecule has 0 bridgehead atoms. The van der Waals surface area contributed by atoms with Crippen molar-refractivity contribution in [3.8, 4) is 0 Å². The van der Waals surface area contributed by atoms with E-state index in [9.17, 15) is 9.59 Å². The fourth-order valence-corrected chi connectivity index (χ4v) is 2.52. The summed E-state index contributed by atoms with van der Waals surface area (Å²) >= 11 is 5.88. The monoisotopic (exact) mass is 381 g/mol. The fourth-order valence-electron chi connectivity index (χ4n) is 2.40. The molecular formula is C20H16ClN3O3. The third-order valence-corrected chi connectivity index (χ3v) is 3.96. The molecule has 2 N–H and O–H groups in total. The van der Waals surface area contributed by atoms with Crippen molar-refractivity contribution in [1.82, 2.24) is 4.98 Å². The van der Waals surface area contributed by atoms with Crippen molar-refractivity contribution in [2.75, 3.05) is 17.7 Å². The summed E-state index contributed by atoms with van der Waals surface area (Å²) in [4.78, 5) is 28.5.